The zero-order valence-electron chi connectivity index (χ0n) is 11.2. The van der Waals surface area contributed by atoms with Gasteiger partial charge in [-0.1, -0.05) is 41.4 Å². The third-order valence-electron chi connectivity index (χ3n) is 3.14. The van der Waals surface area contributed by atoms with E-state index in [0.29, 0.717) is 10.6 Å². The van der Waals surface area contributed by atoms with Crippen molar-refractivity contribution in [3.05, 3.63) is 69.7 Å². The van der Waals surface area contributed by atoms with Crippen LogP contribution in [0.15, 0.2) is 48.5 Å². The smallest absolute Gasteiger partial charge is 0.0992 e. The van der Waals surface area contributed by atoms with Crippen molar-refractivity contribution in [2.24, 2.45) is 5.73 Å². The van der Waals surface area contributed by atoms with Gasteiger partial charge in [-0.05, 0) is 48.7 Å². The molecule has 2 aromatic rings. The number of rotatable bonds is 1. The Bertz CT molecular complexity index is 646. The van der Waals surface area contributed by atoms with E-state index in [1.54, 1.807) is 24.3 Å². The molecule has 0 spiro atoms. The Morgan fingerprint density at radius 3 is 2.00 bits per heavy atom. The van der Waals surface area contributed by atoms with Crippen LogP contribution >= 0.6 is 35.6 Å². The molecular weight excluding hydrogens is 327 g/mol. The lowest BCUT2D eigenvalue weighted by Crippen LogP contribution is -2.18. The van der Waals surface area contributed by atoms with Crippen molar-refractivity contribution in [1.29, 1.82) is 5.26 Å². The number of nitriles is 1. The number of nitrogens with two attached hydrogens (primary N) is 1. The fraction of sp³-hybridized carbons (Fsp3) is 0.188. The van der Waals surface area contributed by atoms with Crippen LogP contribution in [0.5, 0.6) is 0 Å². The fourth-order valence-corrected chi connectivity index (χ4v) is 2.16. The van der Waals surface area contributed by atoms with Gasteiger partial charge in [0.1, 0.15) is 0 Å². The van der Waals surface area contributed by atoms with E-state index in [2.05, 4.69) is 0 Å². The molecule has 5 heteroatoms. The molecule has 0 bridgehead atoms. The highest BCUT2D eigenvalue weighted by Crippen LogP contribution is 2.42. The molecule has 110 valence electrons. The lowest BCUT2D eigenvalue weighted by atomic mass is 10.1. The Balaban J connectivity index is 0.000000205. The first-order chi connectivity index (χ1) is 9.53. The van der Waals surface area contributed by atoms with Gasteiger partial charge in [-0.15, -0.1) is 12.4 Å². The molecule has 0 amide bonds. The second kappa shape index (κ2) is 7.68. The first-order valence-corrected chi connectivity index (χ1v) is 7.00. The molecule has 2 nitrogen and oxygen atoms in total. The third-order valence-corrected chi connectivity index (χ3v) is 3.61. The van der Waals surface area contributed by atoms with Gasteiger partial charge in [0.05, 0.1) is 11.6 Å². The van der Waals surface area contributed by atoms with Crippen LogP contribution in [-0.2, 0) is 5.54 Å². The SMILES string of the molecule is Cl.N#Cc1cccc(Cl)c1.NC1(c2cccc(Cl)c2)CC1. The predicted molar refractivity (Wildman–Crippen MR) is 90.0 cm³/mol. The van der Waals surface area contributed by atoms with Crippen molar-refractivity contribution >= 4 is 35.6 Å². The van der Waals surface area contributed by atoms with E-state index in [1.165, 1.54) is 5.56 Å². The van der Waals surface area contributed by atoms with Gasteiger partial charge in [-0.2, -0.15) is 5.26 Å². The van der Waals surface area contributed by atoms with Crippen LogP contribution in [0.2, 0.25) is 10.0 Å². The van der Waals surface area contributed by atoms with Crippen LogP contribution in [0.3, 0.4) is 0 Å². The van der Waals surface area contributed by atoms with Gasteiger partial charge in [0.15, 0.2) is 0 Å². The van der Waals surface area contributed by atoms with Gasteiger partial charge in [-0.25, -0.2) is 0 Å². The number of benzene rings is 2. The molecule has 21 heavy (non-hydrogen) atoms. The van der Waals surface area contributed by atoms with Gasteiger partial charge in [0.25, 0.3) is 0 Å². The summed E-state index contributed by atoms with van der Waals surface area (Å²) in [6.45, 7) is 0. The van der Waals surface area contributed by atoms with E-state index in [4.69, 9.17) is 34.2 Å². The lowest BCUT2D eigenvalue weighted by Gasteiger charge is -2.07. The highest BCUT2D eigenvalue weighted by molar-refractivity contribution is 6.30. The summed E-state index contributed by atoms with van der Waals surface area (Å²) in [4.78, 5) is 0. The van der Waals surface area contributed by atoms with Gasteiger partial charge in [-0.3, -0.25) is 0 Å². The monoisotopic (exact) mass is 340 g/mol. The second-order valence-corrected chi connectivity index (χ2v) is 5.66. The van der Waals surface area contributed by atoms with Crippen molar-refractivity contribution in [2.75, 3.05) is 0 Å². The first kappa shape index (κ1) is 17.8. The van der Waals surface area contributed by atoms with E-state index < -0.39 is 0 Å². The average molecular weight is 342 g/mol. The maximum Gasteiger partial charge on any atom is 0.0992 e. The van der Waals surface area contributed by atoms with Crippen molar-refractivity contribution < 1.29 is 0 Å². The first-order valence-electron chi connectivity index (χ1n) is 6.24. The summed E-state index contributed by atoms with van der Waals surface area (Å²) in [5.41, 5.74) is 7.70. The predicted octanol–water partition coefficient (Wildman–Crippen LogP) is 4.92. The van der Waals surface area contributed by atoms with E-state index in [9.17, 15) is 0 Å². The molecule has 0 radical (unpaired) electrons. The van der Waals surface area contributed by atoms with Crippen molar-refractivity contribution in [1.82, 2.24) is 0 Å². The molecule has 0 aliphatic heterocycles. The van der Waals surface area contributed by atoms with Crippen LogP contribution < -0.4 is 5.73 Å². The molecule has 1 aliphatic carbocycles. The minimum absolute atomic E-state index is 0. The number of halogens is 3. The molecule has 0 saturated heterocycles. The summed E-state index contributed by atoms with van der Waals surface area (Å²) >= 11 is 11.4. The molecule has 0 atom stereocenters. The fourth-order valence-electron chi connectivity index (χ4n) is 1.78. The zero-order chi connectivity index (χ0) is 14.6. The van der Waals surface area contributed by atoms with E-state index in [0.717, 1.165) is 17.9 Å². The summed E-state index contributed by atoms with van der Waals surface area (Å²) in [5.74, 6) is 0. The quantitative estimate of drug-likeness (QED) is 0.800. The highest BCUT2D eigenvalue weighted by atomic mass is 35.5. The second-order valence-electron chi connectivity index (χ2n) is 4.79. The van der Waals surface area contributed by atoms with Crippen LogP contribution in [0.4, 0.5) is 0 Å². The van der Waals surface area contributed by atoms with E-state index in [-0.39, 0.29) is 17.9 Å². The number of hydrogen-bond acceptors (Lipinski definition) is 2. The molecule has 3 rings (SSSR count). The number of hydrogen-bond donors (Lipinski definition) is 1. The summed E-state index contributed by atoms with van der Waals surface area (Å²) in [6.07, 6.45) is 2.18. The zero-order valence-corrected chi connectivity index (χ0v) is 13.6. The molecule has 1 saturated carbocycles. The minimum Gasteiger partial charge on any atom is -0.321 e. The number of nitrogens with zero attached hydrogens (tertiary/aromatic N) is 1. The maximum atomic E-state index is 8.35. The van der Waals surface area contributed by atoms with Gasteiger partial charge >= 0.3 is 0 Å². The van der Waals surface area contributed by atoms with Crippen molar-refractivity contribution in [3.8, 4) is 6.07 Å². The van der Waals surface area contributed by atoms with Crippen LogP contribution in [-0.4, -0.2) is 0 Å². The molecule has 2 aromatic carbocycles. The maximum absolute atomic E-state index is 8.35. The third kappa shape index (κ3) is 5.22. The molecule has 1 fully saturated rings. The lowest BCUT2D eigenvalue weighted by molar-refractivity contribution is 0.740. The summed E-state index contributed by atoms with van der Waals surface area (Å²) in [6, 6.07) is 16.6. The molecular formula is C16H15Cl3N2. The van der Waals surface area contributed by atoms with Gasteiger partial charge < -0.3 is 5.73 Å². The largest absolute Gasteiger partial charge is 0.321 e. The van der Waals surface area contributed by atoms with Crippen LogP contribution in [0.1, 0.15) is 24.0 Å². The highest BCUT2D eigenvalue weighted by Gasteiger charge is 2.39. The Hall–Kier alpha value is -1.24. The van der Waals surface area contributed by atoms with Crippen molar-refractivity contribution in [3.63, 3.8) is 0 Å². The van der Waals surface area contributed by atoms with E-state index in [1.807, 2.05) is 30.3 Å². The minimum atomic E-state index is -0.0507. The molecule has 0 aromatic heterocycles. The summed E-state index contributed by atoms with van der Waals surface area (Å²) in [5, 5.41) is 9.74. The van der Waals surface area contributed by atoms with Crippen molar-refractivity contribution in [2.45, 2.75) is 18.4 Å². The Labute approximate surface area is 140 Å². The van der Waals surface area contributed by atoms with E-state index >= 15 is 0 Å². The Morgan fingerprint density at radius 2 is 1.57 bits per heavy atom. The van der Waals surface area contributed by atoms with Crippen LogP contribution in [0, 0.1) is 11.3 Å². The van der Waals surface area contributed by atoms with Crippen LogP contribution in [0.25, 0.3) is 0 Å². The standard InChI is InChI=1S/C9H10ClN.C7H4ClN.ClH/c10-8-3-1-2-7(6-8)9(11)4-5-9;8-7-3-1-2-6(4-7)5-9;/h1-3,6H,4-5,11H2;1-4H;1H. The molecule has 0 heterocycles. The summed E-state index contributed by atoms with van der Waals surface area (Å²) < 4.78 is 0. The van der Waals surface area contributed by atoms with Gasteiger partial charge in [0, 0.05) is 15.6 Å². The molecule has 1 aliphatic rings. The Morgan fingerprint density at radius 1 is 1.00 bits per heavy atom. The Kier molecular flexibility index (Phi) is 6.51. The molecule has 0 unspecified atom stereocenters. The average Bonchev–Trinajstić information content (AvgIpc) is 3.19. The topological polar surface area (TPSA) is 49.8 Å². The van der Waals surface area contributed by atoms with Gasteiger partial charge in [0.2, 0.25) is 0 Å². The summed E-state index contributed by atoms with van der Waals surface area (Å²) in [7, 11) is 0. The molecule has 2 N–H and O–H groups in total. The normalized spacial score (nSPS) is 14.0.